The lowest BCUT2D eigenvalue weighted by Crippen LogP contribution is -2.38. The zero-order valence-corrected chi connectivity index (χ0v) is 8.02. The Labute approximate surface area is 87.1 Å². The maximum absolute atomic E-state index is 11.9. The van der Waals surface area contributed by atoms with Crippen molar-refractivity contribution in [1.82, 2.24) is 5.32 Å². The lowest BCUT2D eigenvalue weighted by Gasteiger charge is -2.11. The lowest BCUT2D eigenvalue weighted by molar-refractivity contribution is -0.174. The first-order valence-electron chi connectivity index (χ1n) is 3.76. The molecule has 0 radical (unpaired) electrons. The number of hydrogen-bond acceptors (Lipinski definition) is 3. The Bertz CT molecular complexity index is 380. The Kier molecular flexibility index (Phi) is 3.31. The predicted octanol–water partition coefficient (Wildman–Crippen LogP) is 1.99. The Balaban J connectivity index is 2.73. The number of nitrogens with one attached hydrogen (secondary N) is 1. The highest BCUT2D eigenvalue weighted by atomic mass is 32.1. The number of rotatable bonds is 2. The first kappa shape index (κ1) is 11.5. The second kappa shape index (κ2) is 4.31. The van der Waals surface area contributed by atoms with Crippen LogP contribution in [-0.4, -0.2) is 12.1 Å². The Morgan fingerprint density at radius 1 is 1.60 bits per heavy atom. The molecule has 1 aromatic heterocycles. The van der Waals surface area contributed by atoms with Gasteiger partial charge in [-0.1, -0.05) is 6.07 Å². The van der Waals surface area contributed by atoms with Crippen LogP contribution in [0.3, 0.4) is 0 Å². The van der Waals surface area contributed by atoms with Crippen molar-refractivity contribution in [2.24, 2.45) is 0 Å². The van der Waals surface area contributed by atoms with E-state index in [1.807, 2.05) is 0 Å². The quantitative estimate of drug-likeness (QED) is 0.850. The first-order valence-corrected chi connectivity index (χ1v) is 4.64. The first-order chi connectivity index (χ1) is 6.95. The molecule has 1 atom stereocenters. The van der Waals surface area contributed by atoms with Gasteiger partial charge in [0.15, 0.2) is 6.04 Å². The van der Waals surface area contributed by atoms with E-state index in [0.717, 1.165) is 11.3 Å². The van der Waals surface area contributed by atoms with Crippen LogP contribution in [0.4, 0.5) is 13.2 Å². The topological polar surface area (TPSA) is 52.9 Å². The number of amides is 1. The van der Waals surface area contributed by atoms with E-state index in [1.165, 1.54) is 6.07 Å². The summed E-state index contributed by atoms with van der Waals surface area (Å²) < 4.78 is 35.6. The van der Waals surface area contributed by atoms with E-state index in [0.29, 0.717) is 4.88 Å². The molecule has 0 saturated heterocycles. The van der Waals surface area contributed by atoms with Crippen molar-refractivity contribution in [3.8, 4) is 6.07 Å². The van der Waals surface area contributed by atoms with Crippen LogP contribution in [0.5, 0.6) is 0 Å². The van der Waals surface area contributed by atoms with Crippen LogP contribution in [0.1, 0.15) is 10.9 Å². The second-order valence-corrected chi connectivity index (χ2v) is 3.53. The van der Waals surface area contributed by atoms with E-state index in [1.54, 1.807) is 22.8 Å². The number of carbonyl (C=O) groups is 1. The molecule has 0 spiro atoms. The molecule has 1 unspecified atom stereocenters. The molecule has 0 bridgehead atoms. The second-order valence-electron chi connectivity index (χ2n) is 2.55. The van der Waals surface area contributed by atoms with E-state index < -0.39 is 18.1 Å². The van der Waals surface area contributed by atoms with Crippen molar-refractivity contribution in [2.75, 3.05) is 0 Å². The molecule has 7 heteroatoms. The van der Waals surface area contributed by atoms with Gasteiger partial charge >= 0.3 is 12.1 Å². The van der Waals surface area contributed by atoms with Crippen molar-refractivity contribution in [3.63, 3.8) is 0 Å². The van der Waals surface area contributed by atoms with Gasteiger partial charge in [-0.15, -0.1) is 11.3 Å². The van der Waals surface area contributed by atoms with Crippen LogP contribution in [0.15, 0.2) is 17.5 Å². The molecule has 1 amide bonds. The van der Waals surface area contributed by atoms with E-state index >= 15 is 0 Å². The van der Waals surface area contributed by atoms with E-state index in [9.17, 15) is 18.0 Å². The third-order valence-corrected chi connectivity index (χ3v) is 2.43. The fourth-order valence-electron chi connectivity index (χ4n) is 0.835. The van der Waals surface area contributed by atoms with Crippen LogP contribution in [0.2, 0.25) is 0 Å². The Morgan fingerprint density at radius 3 is 2.67 bits per heavy atom. The average molecular weight is 234 g/mol. The predicted molar refractivity (Wildman–Crippen MR) is 46.9 cm³/mol. The normalized spacial score (nSPS) is 12.9. The van der Waals surface area contributed by atoms with Crippen molar-refractivity contribution in [3.05, 3.63) is 22.4 Å². The van der Waals surface area contributed by atoms with Crippen LogP contribution in [0.25, 0.3) is 0 Å². The maximum Gasteiger partial charge on any atom is 0.471 e. The highest BCUT2D eigenvalue weighted by Gasteiger charge is 2.40. The summed E-state index contributed by atoms with van der Waals surface area (Å²) in [6.07, 6.45) is -4.97. The summed E-state index contributed by atoms with van der Waals surface area (Å²) in [6, 6.07) is 3.40. The molecule has 0 aliphatic heterocycles. The SMILES string of the molecule is N#CC(NC(=O)C(F)(F)F)c1cccs1. The van der Waals surface area contributed by atoms with Crippen molar-refractivity contribution < 1.29 is 18.0 Å². The summed E-state index contributed by atoms with van der Waals surface area (Å²) in [4.78, 5) is 10.9. The van der Waals surface area contributed by atoms with Gasteiger partial charge in [0.05, 0.1) is 6.07 Å². The fraction of sp³-hybridized carbons (Fsp3) is 0.250. The van der Waals surface area contributed by atoms with Gasteiger partial charge < -0.3 is 5.32 Å². The van der Waals surface area contributed by atoms with Gasteiger partial charge in [-0.3, -0.25) is 4.79 Å². The van der Waals surface area contributed by atoms with Gasteiger partial charge in [-0.2, -0.15) is 18.4 Å². The molecule has 80 valence electrons. The molecular formula is C8H5F3N2OS. The number of nitrogens with zero attached hydrogens (tertiary/aromatic N) is 1. The minimum atomic E-state index is -4.97. The van der Waals surface area contributed by atoms with E-state index in [4.69, 9.17) is 5.26 Å². The average Bonchev–Trinajstić information content (AvgIpc) is 2.64. The summed E-state index contributed by atoms with van der Waals surface area (Å²) in [5.74, 6) is -2.11. The third-order valence-electron chi connectivity index (χ3n) is 1.49. The number of thiophene rings is 1. The van der Waals surface area contributed by atoms with Gasteiger partial charge in [0, 0.05) is 4.88 Å². The molecule has 1 aromatic rings. The molecule has 3 nitrogen and oxygen atoms in total. The third kappa shape index (κ3) is 2.95. The molecular weight excluding hydrogens is 229 g/mol. The number of alkyl halides is 3. The van der Waals surface area contributed by atoms with Crippen molar-refractivity contribution in [1.29, 1.82) is 5.26 Å². The summed E-state index contributed by atoms with van der Waals surface area (Å²) in [5.41, 5.74) is 0. The number of nitriles is 1. The van der Waals surface area contributed by atoms with Crippen LogP contribution in [-0.2, 0) is 4.79 Å². The molecule has 0 saturated carbocycles. The lowest BCUT2D eigenvalue weighted by atomic mass is 10.2. The van der Waals surface area contributed by atoms with Crippen molar-refractivity contribution >= 4 is 17.2 Å². The zero-order chi connectivity index (χ0) is 11.5. The molecule has 0 fully saturated rings. The molecule has 1 heterocycles. The van der Waals surface area contributed by atoms with E-state index in [-0.39, 0.29) is 0 Å². The maximum atomic E-state index is 11.9. The number of hydrogen-bond donors (Lipinski definition) is 1. The molecule has 15 heavy (non-hydrogen) atoms. The van der Waals surface area contributed by atoms with Gasteiger partial charge in [0.1, 0.15) is 0 Å². The highest BCUT2D eigenvalue weighted by molar-refractivity contribution is 7.10. The van der Waals surface area contributed by atoms with Crippen LogP contribution >= 0.6 is 11.3 Å². The summed E-state index contributed by atoms with van der Waals surface area (Å²) in [7, 11) is 0. The minimum absolute atomic E-state index is 0.370. The zero-order valence-electron chi connectivity index (χ0n) is 7.21. The minimum Gasteiger partial charge on any atom is -0.328 e. The van der Waals surface area contributed by atoms with Crippen molar-refractivity contribution in [2.45, 2.75) is 12.2 Å². The highest BCUT2D eigenvalue weighted by Crippen LogP contribution is 2.21. The molecule has 0 aliphatic carbocycles. The van der Waals surface area contributed by atoms with Gasteiger partial charge in [0.25, 0.3) is 0 Å². The monoisotopic (exact) mass is 234 g/mol. The Morgan fingerprint density at radius 2 is 2.27 bits per heavy atom. The van der Waals surface area contributed by atoms with Crippen LogP contribution in [0, 0.1) is 11.3 Å². The van der Waals surface area contributed by atoms with Crippen LogP contribution < -0.4 is 5.32 Å². The summed E-state index contributed by atoms with van der Waals surface area (Å²) in [5, 5.41) is 11.8. The Hall–Kier alpha value is -1.55. The smallest absolute Gasteiger partial charge is 0.328 e. The van der Waals surface area contributed by atoms with Gasteiger partial charge in [-0.25, -0.2) is 0 Å². The molecule has 1 N–H and O–H groups in total. The molecule has 0 aliphatic rings. The van der Waals surface area contributed by atoms with Gasteiger partial charge in [-0.05, 0) is 11.4 Å². The largest absolute Gasteiger partial charge is 0.471 e. The van der Waals surface area contributed by atoms with E-state index in [2.05, 4.69) is 0 Å². The molecule has 0 aromatic carbocycles. The fourth-order valence-corrected chi connectivity index (χ4v) is 1.55. The number of halogens is 3. The van der Waals surface area contributed by atoms with Gasteiger partial charge in [0.2, 0.25) is 0 Å². The number of carbonyl (C=O) groups excluding carboxylic acids is 1. The molecule has 1 rings (SSSR count). The summed E-state index contributed by atoms with van der Waals surface area (Å²) in [6.45, 7) is 0. The standard InChI is InChI=1S/C8H5F3N2OS/c9-8(10,11)7(14)13-5(4-12)6-2-1-3-15-6/h1-3,5H,(H,13,14). The summed E-state index contributed by atoms with van der Waals surface area (Å²) >= 11 is 1.10.